The van der Waals surface area contributed by atoms with E-state index in [9.17, 15) is 8.78 Å². The van der Waals surface area contributed by atoms with Crippen LogP contribution in [0.4, 0.5) is 8.78 Å². The molecule has 0 atom stereocenters. The molecule has 0 saturated carbocycles. The largest absolute Gasteiger partial charge is 1.00 e. The van der Waals surface area contributed by atoms with Crippen molar-refractivity contribution in [3.8, 4) is 0 Å². The molecule has 0 spiro atoms. The van der Waals surface area contributed by atoms with Gasteiger partial charge in [0, 0.05) is 3.57 Å². The van der Waals surface area contributed by atoms with Crippen LogP contribution in [0.1, 0.15) is 63.8 Å². The number of rotatable bonds is 2. The molecule has 0 aliphatic rings. The monoisotopic (exact) mass is 774 g/mol. The van der Waals surface area contributed by atoms with Crippen LogP contribution in [-0.2, 0) is 10.8 Å². The van der Waals surface area contributed by atoms with E-state index in [2.05, 4.69) is 119 Å². The van der Waals surface area contributed by atoms with Crippen LogP contribution in [0.2, 0.25) is 0 Å². The molecule has 0 N–H and O–H groups in total. The average Bonchev–Trinajstić information content (AvgIpc) is 2.84. The molecule has 4 aromatic carbocycles. The predicted octanol–water partition coefficient (Wildman–Crippen LogP) is 4.29. The topological polar surface area (TPSA) is 0 Å². The molecule has 0 unspecified atom stereocenters. The van der Waals surface area contributed by atoms with Crippen LogP contribution in [0.5, 0.6) is 0 Å². The third-order valence-corrected chi connectivity index (χ3v) is 10.1. The minimum atomic E-state index is -0.222. The zero-order chi connectivity index (χ0) is 28.5. The van der Waals surface area contributed by atoms with Crippen LogP contribution in [0.3, 0.4) is 0 Å². The van der Waals surface area contributed by atoms with Crippen molar-refractivity contribution in [3.05, 3.63) is 136 Å². The first-order valence-corrected chi connectivity index (χ1v) is 15.9. The Morgan fingerprint density at radius 2 is 1.05 bits per heavy atom. The molecular weight excluding hydrogens is 736 g/mol. The second-order valence-corrected chi connectivity index (χ2v) is 15.4. The molecule has 0 aromatic heterocycles. The van der Waals surface area contributed by atoms with Gasteiger partial charge in [-0.15, -0.1) is 0 Å². The molecule has 0 saturated heterocycles. The van der Waals surface area contributed by atoms with Crippen molar-refractivity contribution in [3.63, 3.8) is 0 Å². The fraction of sp³-hybridized carbons (Fsp3) is 0.294. The minimum Gasteiger partial charge on any atom is -1.00 e. The Bertz CT molecular complexity index is 1290. The van der Waals surface area contributed by atoms with Gasteiger partial charge in [0.2, 0.25) is 0 Å². The summed E-state index contributed by atoms with van der Waals surface area (Å²) < 4.78 is 29.2. The molecule has 0 radical (unpaired) electrons. The number of hydrogen-bond acceptors (Lipinski definition) is 0. The van der Waals surface area contributed by atoms with Gasteiger partial charge >= 0.3 is 125 Å². The fourth-order valence-corrected chi connectivity index (χ4v) is 6.06. The van der Waals surface area contributed by atoms with Gasteiger partial charge < -0.3 is 12.4 Å². The summed E-state index contributed by atoms with van der Waals surface area (Å²) in [5.41, 5.74) is 5.30. The summed E-state index contributed by atoms with van der Waals surface area (Å²) in [4.78, 5) is 0. The summed E-state index contributed by atoms with van der Waals surface area (Å²) in [6.07, 6.45) is 0. The Hall–Kier alpha value is -1.51. The van der Waals surface area contributed by atoms with E-state index < -0.39 is 0 Å². The fourth-order valence-electron chi connectivity index (χ4n) is 3.39. The summed E-state index contributed by atoms with van der Waals surface area (Å²) in [7, 11) is 0. The van der Waals surface area contributed by atoms with Crippen molar-refractivity contribution < 1.29 is 42.4 Å². The SMILES string of the molecule is CC(C)(C)c1ccccc1.Cc1cc(F)ccc1I.Cc1cc(F)ccc1[I-]c1ccc(C(C)(C)C)cc1.[Cl-]. The first-order chi connectivity index (χ1) is 17.7. The van der Waals surface area contributed by atoms with Crippen LogP contribution in [0, 0.1) is 36.2 Å². The first kappa shape index (κ1) is 35.5. The zero-order valence-corrected chi connectivity index (χ0v) is 29.1. The quantitative estimate of drug-likeness (QED) is 0.267. The normalized spacial score (nSPS) is 10.9. The molecule has 5 heteroatoms. The van der Waals surface area contributed by atoms with E-state index in [0.29, 0.717) is 5.41 Å². The number of halogens is 5. The molecular formula is C34H39ClF2I2-2. The molecule has 39 heavy (non-hydrogen) atoms. The van der Waals surface area contributed by atoms with Gasteiger partial charge in [0.05, 0.1) is 0 Å². The third-order valence-electron chi connectivity index (χ3n) is 5.80. The molecule has 0 heterocycles. The summed E-state index contributed by atoms with van der Waals surface area (Å²) in [6, 6.07) is 29.3. The maximum absolute atomic E-state index is 13.1. The second-order valence-electron chi connectivity index (χ2n) is 11.3. The summed E-state index contributed by atoms with van der Waals surface area (Å²) >= 11 is 1.95. The standard InChI is InChI=1S/C17H19FI.C10H14.C7H6FI.ClH/c1-12-11-14(18)7-10-16(12)19-15-8-5-13(6-9-15)17(2,3)4;1-10(2,3)9-7-5-4-6-8-9;1-5-4-6(8)2-3-7(5)9;/h5-11H,1-4H3;4-8H,1-3H3;2-4H,1H3;1H/q-1;;;/p-1. The Balaban J connectivity index is 0.000000321. The number of aryl methyl sites for hydroxylation is 2. The molecule has 4 aromatic rings. The van der Waals surface area contributed by atoms with Crippen LogP contribution >= 0.6 is 22.6 Å². The van der Waals surface area contributed by atoms with E-state index in [1.807, 2.05) is 19.9 Å². The molecule has 0 fully saturated rings. The maximum atomic E-state index is 13.1. The van der Waals surface area contributed by atoms with E-state index in [1.165, 1.54) is 30.4 Å². The maximum Gasteiger partial charge on any atom is -1.00 e. The summed E-state index contributed by atoms with van der Waals surface area (Å²) in [5.74, 6) is -0.304. The van der Waals surface area contributed by atoms with Gasteiger partial charge in [0.1, 0.15) is 5.82 Å². The van der Waals surface area contributed by atoms with Crippen LogP contribution in [0.25, 0.3) is 0 Å². The summed E-state index contributed by atoms with van der Waals surface area (Å²) in [5, 5.41) is 0. The second kappa shape index (κ2) is 16.1. The first-order valence-electron chi connectivity index (χ1n) is 12.7. The van der Waals surface area contributed by atoms with Gasteiger partial charge in [-0.05, 0) is 64.3 Å². The molecule has 0 bridgehead atoms. The molecule has 212 valence electrons. The van der Waals surface area contributed by atoms with Crippen LogP contribution in [-0.4, -0.2) is 0 Å². The predicted molar refractivity (Wildman–Crippen MR) is 163 cm³/mol. The van der Waals surface area contributed by atoms with Gasteiger partial charge in [-0.2, -0.15) is 0 Å². The van der Waals surface area contributed by atoms with E-state index in [4.69, 9.17) is 0 Å². The van der Waals surface area contributed by atoms with Gasteiger partial charge in [0.25, 0.3) is 0 Å². The van der Waals surface area contributed by atoms with E-state index in [1.54, 1.807) is 18.2 Å². The Morgan fingerprint density at radius 1 is 0.590 bits per heavy atom. The van der Waals surface area contributed by atoms with Gasteiger partial charge in [-0.3, -0.25) is 0 Å². The molecule has 0 amide bonds. The Labute approximate surface area is 264 Å². The van der Waals surface area contributed by atoms with Gasteiger partial charge in [-0.25, -0.2) is 4.39 Å². The number of hydrogen-bond donors (Lipinski definition) is 0. The minimum absolute atomic E-state index is 0. The van der Waals surface area contributed by atoms with Crippen molar-refractivity contribution in [1.29, 1.82) is 0 Å². The van der Waals surface area contributed by atoms with E-state index >= 15 is 0 Å². The molecule has 0 aliphatic heterocycles. The Kier molecular flexibility index (Phi) is 14.6. The van der Waals surface area contributed by atoms with Crippen LogP contribution < -0.4 is 33.6 Å². The average molecular weight is 775 g/mol. The van der Waals surface area contributed by atoms with Crippen molar-refractivity contribution in [2.45, 2.75) is 66.2 Å². The molecule has 0 aliphatic carbocycles. The van der Waals surface area contributed by atoms with Crippen molar-refractivity contribution in [1.82, 2.24) is 0 Å². The van der Waals surface area contributed by atoms with Crippen molar-refractivity contribution >= 4 is 22.6 Å². The van der Waals surface area contributed by atoms with E-state index in [0.717, 1.165) is 14.7 Å². The van der Waals surface area contributed by atoms with Gasteiger partial charge in [0.15, 0.2) is 0 Å². The van der Waals surface area contributed by atoms with Gasteiger partial charge in [-0.1, -0.05) is 51.1 Å². The zero-order valence-electron chi connectivity index (χ0n) is 24.1. The Morgan fingerprint density at radius 3 is 1.46 bits per heavy atom. The third kappa shape index (κ3) is 12.7. The molecule has 0 nitrogen and oxygen atoms in total. The molecule has 4 rings (SSSR count). The van der Waals surface area contributed by atoms with Crippen molar-refractivity contribution in [2.75, 3.05) is 0 Å². The van der Waals surface area contributed by atoms with Crippen molar-refractivity contribution in [2.24, 2.45) is 0 Å². The smallest absolute Gasteiger partial charge is 1.00 e. The summed E-state index contributed by atoms with van der Waals surface area (Å²) in [6.45, 7) is 17.2. The van der Waals surface area contributed by atoms with E-state index in [-0.39, 0.29) is 50.7 Å². The number of benzene rings is 4. The van der Waals surface area contributed by atoms with Crippen LogP contribution in [0.15, 0.2) is 91.0 Å².